The van der Waals surface area contributed by atoms with Gasteiger partial charge in [-0.05, 0) is 35.4 Å². The topological polar surface area (TPSA) is 37.3 Å². The number of aromatic carboxylic acids is 1. The zero-order chi connectivity index (χ0) is 13.0. The lowest BCUT2D eigenvalue weighted by Crippen LogP contribution is -1.94. The average molecular weight is 242 g/mol. The van der Waals surface area contributed by atoms with E-state index in [4.69, 9.17) is 5.11 Å². The first kappa shape index (κ1) is 12.0. The van der Waals surface area contributed by atoms with Crippen LogP contribution in [0, 0.1) is 5.82 Å². The van der Waals surface area contributed by atoms with Crippen molar-refractivity contribution in [3.63, 3.8) is 0 Å². The summed E-state index contributed by atoms with van der Waals surface area (Å²) in [5.74, 6) is -1.21. The van der Waals surface area contributed by atoms with Crippen LogP contribution in [0.25, 0.3) is 12.2 Å². The number of carboxylic acid groups (broad SMARTS) is 1. The molecule has 0 aliphatic rings. The Hall–Kier alpha value is -2.42. The molecule has 0 amide bonds. The second kappa shape index (κ2) is 5.27. The molecule has 0 spiro atoms. The van der Waals surface area contributed by atoms with E-state index in [0.29, 0.717) is 0 Å². The molecule has 0 aromatic heterocycles. The van der Waals surface area contributed by atoms with Crippen molar-refractivity contribution in [1.82, 2.24) is 0 Å². The molecular weight excluding hydrogens is 231 g/mol. The highest BCUT2D eigenvalue weighted by Crippen LogP contribution is 2.10. The van der Waals surface area contributed by atoms with Crippen LogP contribution in [-0.4, -0.2) is 11.1 Å². The fraction of sp³-hybridized carbons (Fsp3) is 0. The lowest BCUT2D eigenvalue weighted by atomic mass is 10.1. The molecule has 90 valence electrons. The number of benzene rings is 2. The van der Waals surface area contributed by atoms with Gasteiger partial charge in [-0.2, -0.15) is 0 Å². The van der Waals surface area contributed by atoms with E-state index < -0.39 is 5.97 Å². The Morgan fingerprint density at radius 2 is 1.33 bits per heavy atom. The minimum atomic E-state index is -0.941. The van der Waals surface area contributed by atoms with Crippen molar-refractivity contribution in [2.45, 2.75) is 0 Å². The van der Waals surface area contributed by atoms with Crippen molar-refractivity contribution in [1.29, 1.82) is 0 Å². The van der Waals surface area contributed by atoms with Crippen LogP contribution in [0.5, 0.6) is 0 Å². The maximum atomic E-state index is 12.7. The molecule has 0 saturated carbocycles. The van der Waals surface area contributed by atoms with Crippen molar-refractivity contribution in [2.75, 3.05) is 0 Å². The van der Waals surface area contributed by atoms with Crippen molar-refractivity contribution >= 4 is 18.1 Å². The van der Waals surface area contributed by atoms with Gasteiger partial charge in [0.2, 0.25) is 0 Å². The quantitative estimate of drug-likeness (QED) is 0.833. The van der Waals surface area contributed by atoms with E-state index in [2.05, 4.69) is 0 Å². The molecule has 2 nitrogen and oxygen atoms in total. The van der Waals surface area contributed by atoms with Gasteiger partial charge in [0, 0.05) is 0 Å². The summed E-state index contributed by atoms with van der Waals surface area (Å²) in [6.45, 7) is 0. The predicted molar refractivity (Wildman–Crippen MR) is 68.7 cm³/mol. The largest absolute Gasteiger partial charge is 0.478 e. The zero-order valence-electron chi connectivity index (χ0n) is 9.51. The molecule has 0 heterocycles. The highest BCUT2D eigenvalue weighted by atomic mass is 19.1. The first-order valence-corrected chi connectivity index (χ1v) is 5.42. The molecule has 3 heteroatoms. The van der Waals surface area contributed by atoms with Crippen LogP contribution in [0.1, 0.15) is 21.5 Å². The number of halogens is 1. The number of rotatable bonds is 3. The van der Waals surface area contributed by atoms with Crippen LogP contribution in [-0.2, 0) is 0 Å². The molecule has 2 aromatic carbocycles. The SMILES string of the molecule is O=C(O)c1ccc(/C=C/c2ccc(F)cc2)cc1. The minimum absolute atomic E-state index is 0.258. The standard InChI is InChI=1S/C15H11FO2/c16-14-9-5-12(6-10-14)2-1-11-3-7-13(8-4-11)15(17)18/h1-10H,(H,17,18)/b2-1+. The van der Waals surface area contributed by atoms with Crippen molar-refractivity contribution < 1.29 is 14.3 Å². The monoisotopic (exact) mass is 242 g/mol. The summed E-state index contributed by atoms with van der Waals surface area (Å²) in [7, 11) is 0. The first-order chi connectivity index (χ1) is 8.65. The van der Waals surface area contributed by atoms with Gasteiger partial charge in [-0.3, -0.25) is 0 Å². The number of hydrogen-bond acceptors (Lipinski definition) is 1. The molecule has 0 radical (unpaired) electrons. The third kappa shape index (κ3) is 3.04. The van der Waals surface area contributed by atoms with Gasteiger partial charge >= 0.3 is 5.97 Å². The number of carboxylic acids is 1. The molecule has 0 unspecified atom stereocenters. The van der Waals surface area contributed by atoms with Crippen molar-refractivity contribution in [3.05, 3.63) is 71.0 Å². The van der Waals surface area contributed by atoms with Gasteiger partial charge in [0.1, 0.15) is 5.82 Å². The Labute approximate surface area is 104 Å². The Morgan fingerprint density at radius 1 is 0.889 bits per heavy atom. The maximum Gasteiger partial charge on any atom is 0.335 e. The van der Waals surface area contributed by atoms with E-state index in [1.54, 1.807) is 36.4 Å². The predicted octanol–water partition coefficient (Wildman–Crippen LogP) is 3.69. The second-order valence-corrected chi connectivity index (χ2v) is 3.81. The fourth-order valence-corrected chi connectivity index (χ4v) is 1.50. The van der Waals surface area contributed by atoms with Gasteiger partial charge in [0.15, 0.2) is 0 Å². The Morgan fingerprint density at radius 3 is 1.78 bits per heavy atom. The molecule has 0 fully saturated rings. The molecule has 0 aliphatic carbocycles. The van der Waals surface area contributed by atoms with E-state index >= 15 is 0 Å². The van der Waals surface area contributed by atoms with Crippen LogP contribution in [0.3, 0.4) is 0 Å². The highest BCUT2D eigenvalue weighted by molar-refractivity contribution is 5.88. The molecular formula is C15H11FO2. The highest BCUT2D eigenvalue weighted by Gasteiger charge is 1.99. The van der Waals surface area contributed by atoms with E-state index in [0.717, 1.165) is 11.1 Å². The number of carbonyl (C=O) groups is 1. The lowest BCUT2D eigenvalue weighted by Gasteiger charge is -1.96. The molecule has 2 aromatic rings. The van der Waals surface area contributed by atoms with Gasteiger partial charge in [-0.1, -0.05) is 36.4 Å². The average Bonchev–Trinajstić information content (AvgIpc) is 2.38. The van der Waals surface area contributed by atoms with Crippen molar-refractivity contribution in [3.8, 4) is 0 Å². The first-order valence-electron chi connectivity index (χ1n) is 5.42. The summed E-state index contributed by atoms with van der Waals surface area (Å²) in [4.78, 5) is 10.7. The summed E-state index contributed by atoms with van der Waals surface area (Å²) >= 11 is 0. The van der Waals surface area contributed by atoms with Gasteiger partial charge in [0.25, 0.3) is 0 Å². The van der Waals surface area contributed by atoms with E-state index in [1.165, 1.54) is 12.1 Å². The normalized spacial score (nSPS) is 10.7. The Kier molecular flexibility index (Phi) is 3.53. The lowest BCUT2D eigenvalue weighted by molar-refractivity contribution is 0.0697. The maximum absolute atomic E-state index is 12.7. The summed E-state index contributed by atoms with van der Waals surface area (Å²) in [6, 6.07) is 12.7. The molecule has 1 N–H and O–H groups in total. The van der Waals surface area contributed by atoms with Gasteiger partial charge in [-0.25, -0.2) is 9.18 Å². The second-order valence-electron chi connectivity index (χ2n) is 3.81. The molecule has 2 rings (SSSR count). The Bertz CT molecular complexity index is 568. The third-order valence-electron chi connectivity index (χ3n) is 2.50. The summed E-state index contributed by atoms with van der Waals surface area (Å²) in [6.07, 6.45) is 3.69. The third-order valence-corrected chi connectivity index (χ3v) is 2.50. The van der Waals surface area contributed by atoms with Crippen LogP contribution < -0.4 is 0 Å². The number of hydrogen-bond donors (Lipinski definition) is 1. The van der Waals surface area contributed by atoms with Crippen LogP contribution in [0.4, 0.5) is 4.39 Å². The smallest absolute Gasteiger partial charge is 0.335 e. The summed E-state index contributed by atoms with van der Waals surface area (Å²) < 4.78 is 12.7. The molecule has 0 atom stereocenters. The molecule has 0 bridgehead atoms. The molecule has 0 saturated heterocycles. The van der Waals surface area contributed by atoms with E-state index in [-0.39, 0.29) is 11.4 Å². The molecule has 18 heavy (non-hydrogen) atoms. The van der Waals surface area contributed by atoms with E-state index in [1.807, 2.05) is 12.2 Å². The molecule has 0 aliphatic heterocycles. The van der Waals surface area contributed by atoms with Crippen LogP contribution >= 0.6 is 0 Å². The Balaban J connectivity index is 2.13. The van der Waals surface area contributed by atoms with Gasteiger partial charge in [0.05, 0.1) is 5.56 Å². The van der Waals surface area contributed by atoms with Gasteiger partial charge in [-0.15, -0.1) is 0 Å². The van der Waals surface area contributed by atoms with Gasteiger partial charge < -0.3 is 5.11 Å². The summed E-state index contributed by atoms with van der Waals surface area (Å²) in [5, 5.41) is 8.76. The fourth-order valence-electron chi connectivity index (χ4n) is 1.50. The summed E-state index contributed by atoms with van der Waals surface area (Å²) in [5.41, 5.74) is 2.04. The van der Waals surface area contributed by atoms with Crippen molar-refractivity contribution in [2.24, 2.45) is 0 Å². The van der Waals surface area contributed by atoms with Crippen LogP contribution in [0.2, 0.25) is 0 Å². The van der Waals surface area contributed by atoms with E-state index in [9.17, 15) is 9.18 Å². The van der Waals surface area contributed by atoms with Crippen LogP contribution in [0.15, 0.2) is 48.5 Å². The zero-order valence-corrected chi connectivity index (χ0v) is 9.51. The minimum Gasteiger partial charge on any atom is -0.478 e.